The third-order valence-corrected chi connectivity index (χ3v) is 6.27. The van der Waals surface area contributed by atoms with E-state index in [2.05, 4.69) is 10.6 Å². The Labute approximate surface area is 172 Å². The van der Waals surface area contributed by atoms with E-state index in [1.54, 1.807) is 11.9 Å². The van der Waals surface area contributed by atoms with Gasteiger partial charge in [-0.25, -0.2) is 0 Å². The van der Waals surface area contributed by atoms with Gasteiger partial charge in [-0.15, -0.1) is 0 Å². The van der Waals surface area contributed by atoms with E-state index in [4.69, 9.17) is 0 Å². The highest BCUT2D eigenvalue weighted by molar-refractivity contribution is 5.96. The van der Waals surface area contributed by atoms with Gasteiger partial charge in [0.25, 0.3) is 0 Å². The van der Waals surface area contributed by atoms with Crippen molar-refractivity contribution in [1.29, 1.82) is 0 Å². The summed E-state index contributed by atoms with van der Waals surface area (Å²) in [4.78, 5) is 26.8. The number of fused-ring (bicyclic) bond motifs is 1. The van der Waals surface area contributed by atoms with Gasteiger partial charge < -0.3 is 15.5 Å². The molecule has 2 amide bonds. The second-order valence-electron chi connectivity index (χ2n) is 8.26. The normalized spacial score (nSPS) is 23.3. The van der Waals surface area contributed by atoms with Crippen molar-refractivity contribution in [3.8, 4) is 0 Å². The first-order chi connectivity index (χ1) is 14.1. The van der Waals surface area contributed by atoms with Crippen molar-refractivity contribution in [2.75, 3.05) is 17.3 Å². The van der Waals surface area contributed by atoms with E-state index in [1.165, 1.54) is 25.7 Å². The van der Waals surface area contributed by atoms with Crippen LogP contribution in [0.2, 0.25) is 0 Å². The maximum absolute atomic E-state index is 12.6. The summed E-state index contributed by atoms with van der Waals surface area (Å²) in [5.41, 5.74) is 2.59. The first kappa shape index (κ1) is 19.6. The van der Waals surface area contributed by atoms with Gasteiger partial charge in [0.15, 0.2) is 0 Å². The Morgan fingerprint density at radius 2 is 1.76 bits per heavy atom. The fourth-order valence-corrected chi connectivity index (χ4v) is 4.55. The van der Waals surface area contributed by atoms with Gasteiger partial charge in [0.1, 0.15) is 0 Å². The second-order valence-corrected chi connectivity index (χ2v) is 8.26. The summed E-state index contributed by atoms with van der Waals surface area (Å²) in [6.45, 7) is 0. The molecule has 3 atom stereocenters. The zero-order valence-corrected chi connectivity index (χ0v) is 16.9. The van der Waals surface area contributed by atoms with Crippen molar-refractivity contribution < 1.29 is 9.59 Å². The van der Waals surface area contributed by atoms with Crippen molar-refractivity contribution in [3.63, 3.8) is 0 Å². The number of para-hydroxylation sites is 1. The molecule has 3 unspecified atom stereocenters. The Bertz CT molecular complexity index is 836. The quantitative estimate of drug-likeness (QED) is 0.816. The monoisotopic (exact) mass is 391 g/mol. The molecule has 2 aromatic carbocycles. The average molecular weight is 392 g/mol. The minimum absolute atomic E-state index is 0.0331. The maximum atomic E-state index is 12.6. The van der Waals surface area contributed by atoms with E-state index in [0.717, 1.165) is 23.4 Å². The number of carbonyl (C=O) groups excluding carboxylic acids is 2. The Morgan fingerprint density at radius 3 is 2.48 bits per heavy atom. The standard InChI is InChI=1S/C24H29N3O2/c1-27(20-8-3-2-4-9-20)23(28)15-17-11-13-19(14-12-17)25-24(29)22-16-18-7-5-6-10-21(18)26-22/h2-4,8-9,11-14,18,21-22,26H,5-7,10,15-16H2,1H3,(H,25,29). The van der Waals surface area contributed by atoms with Crippen molar-refractivity contribution >= 4 is 23.2 Å². The molecule has 1 aliphatic heterocycles. The molecule has 5 heteroatoms. The zero-order valence-electron chi connectivity index (χ0n) is 16.9. The Kier molecular flexibility index (Phi) is 5.95. The third-order valence-electron chi connectivity index (χ3n) is 6.27. The Hall–Kier alpha value is -2.66. The van der Waals surface area contributed by atoms with Crippen molar-refractivity contribution in [2.24, 2.45) is 5.92 Å². The topological polar surface area (TPSA) is 61.4 Å². The predicted octanol–water partition coefficient (Wildman–Crippen LogP) is 3.75. The number of nitrogens with one attached hydrogen (secondary N) is 2. The van der Waals surface area contributed by atoms with Crippen molar-refractivity contribution in [3.05, 3.63) is 60.2 Å². The van der Waals surface area contributed by atoms with E-state index >= 15 is 0 Å². The van der Waals surface area contributed by atoms with Gasteiger partial charge in [0, 0.05) is 24.5 Å². The molecule has 0 bridgehead atoms. The fourth-order valence-electron chi connectivity index (χ4n) is 4.55. The van der Waals surface area contributed by atoms with Gasteiger partial charge in [-0.3, -0.25) is 9.59 Å². The molecule has 152 valence electrons. The molecule has 2 aliphatic rings. The summed E-state index contributed by atoms with van der Waals surface area (Å²) >= 11 is 0. The molecule has 1 aliphatic carbocycles. The van der Waals surface area contributed by atoms with Crippen LogP contribution in [0.3, 0.4) is 0 Å². The van der Waals surface area contributed by atoms with Crippen LogP contribution in [0.1, 0.15) is 37.7 Å². The third kappa shape index (κ3) is 4.67. The molecular weight excluding hydrogens is 362 g/mol. The lowest BCUT2D eigenvalue weighted by molar-refractivity contribution is -0.118. The molecule has 0 aromatic heterocycles. The van der Waals surface area contributed by atoms with E-state index in [1.807, 2.05) is 54.6 Å². The highest BCUT2D eigenvalue weighted by atomic mass is 16.2. The molecule has 0 spiro atoms. The molecule has 4 rings (SSSR count). The summed E-state index contributed by atoms with van der Waals surface area (Å²) in [5.74, 6) is 0.729. The smallest absolute Gasteiger partial charge is 0.241 e. The molecule has 1 saturated heterocycles. The van der Waals surface area contributed by atoms with Gasteiger partial charge in [-0.1, -0.05) is 43.2 Å². The van der Waals surface area contributed by atoms with Crippen LogP contribution in [0, 0.1) is 5.92 Å². The van der Waals surface area contributed by atoms with Gasteiger partial charge in [0.05, 0.1) is 12.5 Å². The molecular formula is C24H29N3O2. The summed E-state index contributed by atoms with van der Waals surface area (Å²) in [6, 6.07) is 17.6. The van der Waals surface area contributed by atoms with Crippen LogP contribution in [-0.2, 0) is 16.0 Å². The van der Waals surface area contributed by atoms with E-state index in [-0.39, 0.29) is 17.9 Å². The number of likely N-dealkylation sites (N-methyl/N-ethyl adjacent to an activating group) is 1. The predicted molar refractivity (Wildman–Crippen MR) is 116 cm³/mol. The van der Waals surface area contributed by atoms with Crippen LogP contribution >= 0.6 is 0 Å². The molecule has 2 fully saturated rings. The summed E-state index contributed by atoms with van der Waals surface area (Å²) in [6.07, 6.45) is 6.25. The number of amides is 2. The minimum Gasteiger partial charge on any atom is -0.325 e. The Balaban J connectivity index is 1.31. The second kappa shape index (κ2) is 8.78. The van der Waals surface area contributed by atoms with E-state index < -0.39 is 0 Å². The lowest BCUT2D eigenvalue weighted by atomic mass is 9.85. The molecule has 0 radical (unpaired) electrons. The molecule has 2 aromatic rings. The number of anilines is 2. The molecule has 1 saturated carbocycles. The van der Waals surface area contributed by atoms with Crippen LogP contribution in [0.25, 0.3) is 0 Å². The van der Waals surface area contributed by atoms with Crippen LogP contribution in [-0.4, -0.2) is 30.9 Å². The SMILES string of the molecule is CN(C(=O)Cc1ccc(NC(=O)C2CC3CCCCC3N2)cc1)c1ccccc1. The van der Waals surface area contributed by atoms with Gasteiger partial charge in [-0.2, -0.15) is 0 Å². The number of hydrogen-bond acceptors (Lipinski definition) is 3. The highest BCUT2D eigenvalue weighted by Crippen LogP contribution is 2.33. The lowest BCUT2D eigenvalue weighted by Gasteiger charge is -2.24. The van der Waals surface area contributed by atoms with Crippen molar-refractivity contribution in [2.45, 2.75) is 50.6 Å². The van der Waals surface area contributed by atoms with Crippen LogP contribution in [0.5, 0.6) is 0 Å². The van der Waals surface area contributed by atoms with Gasteiger partial charge in [0.2, 0.25) is 11.8 Å². The molecule has 5 nitrogen and oxygen atoms in total. The first-order valence-electron chi connectivity index (χ1n) is 10.6. The Morgan fingerprint density at radius 1 is 1.03 bits per heavy atom. The molecule has 29 heavy (non-hydrogen) atoms. The van der Waals surface area contributed by atoms with E-state index in [0.29, 0.717) is 18.4 Å². The fraction of sp³-hybridized carbons (Fsp3) is 0.417. The number of hydrogen-bond donors (Lipinski definition) is 2. The number of rotatable bonds is 5. The van der Waals surface area contributed by atoms with Crippen LogP contribution in [0.4, 0.5) is 11.4 Å². The number of carbonyl (C=O) groups is 2. The number of benzene rings is 2. The maximum Gasteiger partial charge on any atom is 0.241 e. The zero-order chi connectivity index (χ0) is 20.2. The average Bonchev–Trinajstić information content (AvgIpc) is 3.20. The number of nitrogens with zero attached hydrogens (tertiary/aromatic N) is 1. The van der Waals surface area contributed by atoms with Gasteiger partial charge >= 0.3 is 0 Å². The molecule has 2 N–H and O–H groups in total. The summed E-state index contributed by atoms with van der Waals surface area (Å²) < 4.78 is 0. The largest absolute Gasteiger partial charge is 0.325 e. The first-order valence-corrected chi connectivity index (χ1v) is 10.6. The highest BCUT2D eigenvalue weighted by Gasteiger charge is 2.38. The summed E-state index contributed by atoms with van der Waals surface area (Å²) in [7, 11) is 1.79. The van der Waals surface area contributed by atoms with Crippen LogP contribution in [0.15, 0.2) is 54.6 Å². The van der Waals surface area contributed by atoms with E-state index in [9.17, 15) is 9.59 Å². The lowest BCUT2D eigenvalue weighted by Crippen LogP contribution is -2.39. The minimum atomic E-state index is -0.0936. The summed E-state index contributed by atoms with van der Waals surface area (Å²) in [5, 5.41) is 6.54. The van der Waals surface area contributed by atoms with Gasteiger partial charge in [-0.05, 0) is 55.0 Å². The van der Waals surface area contributed by atoms with Crippen molar-refractivity contribution in [1.82, 2.24) is 5.32 Å². The van der Waals surface area contributed by atoms with Crippen LogP contribution < -0.4 is 15.5 Å². The molecule has 1 heterocycles.